The van der Waals surface area contributed by atoms with Gasteiger partial charge in [-0.05, 0) is 42.0 Å². The minimum atomic E-state index is -0.360. The number of benzene rings is 1. The number of rotatable bonds is 4. The van der Waals surface area contributed by atoms with Crippen molar-refractivity contribution in [3.63, 3.8) is 0 Å². The van der Waals surface area contributed by atoms with Crippen LogP contribution < -0.4 is 5.73 Å². The molecule has 4 nitrogen and oxygen atoms in total. The van der Waals surface area contributed by atoms with Crippen LogP contribution in [0.3, 0.4) is 0 Å². The van der Waals surface area contributed by atoms with Gasteiger partial charge in [-0.25, -0.2) is 0 Å². The van der Waals surface area contributed by atoms with E-state index in [1.807, 2.05) is 48.0 Å². The third-order valence-corrected chi connectivity index (χ3v) is 4.60. The van der Waals surface area contributed by atoms with E-state index >= 15 is 0 Å². The van der Waals surface area contributed by atoms with Crippen LogP contribution in [0.15, 0.2) is 51.2 Å². The first-order valence-electron chi connectivity index (χ1n) is 6.05. The molecule has 0 aliphatic heterocycles. The molecule has 2 N–H and O–H groups in total. The van der Waals surface area contributed by atoms with Gasteiger partial charge in [0.15, 0.2) is 0 Å². The molecule has 0 aliphatic carbocycles. The molecule has 20 heavy (non-hydrogen) atoms. The average molecular weight is 303 g/mol. The number of thiophene rings is 1. The minimum absolute atomic E-state index is 0.360. The fourth-order valence-electron chi connectivity index (χ4n) is 1.81. The van der Waals surface area contributed by atoms with Crippen molar-refractivity contribution < 1.29 is 4.52 Å². The SMILES string of the molecule is CSc1ccc(-c2noc(C(N)c3cccs3)n2)cc1. The highest BCUT2D eigenvalue weighted by Crippen LogP contribution is 2.25. The van der Waals surface area contributed by atoms with E-state index in [4.69, 9.17) is 10.3 Å². The van der Waals surface area contributed by atoms with E-state index in [0.717, 1.165) is 10.4 Å². The normalized spacial score (nSPS) is 12.5. The number of hydrogen-bond acceptors (Lipinski definition) is 6. The van der Waals surface area contributed by atoms with Crippen LogP contribution in [0.25, 0.3) is 11.4 Å². The van der Waals surface area contributed by atoms with Crippen molar-refractivity contribution in [2.24, 2.45) is 5.73 Å². The van der Waals surface area contributed by atoms with Gasteiger partial charge in [0.2, 0.25) is 11.7 Å². The molecule has 2 heterocycles. The van der Waals surface area contributed by atoms with Gasteiger partial charge in [-0.3, -0.25) is 0 Å². The smallest absolute Gasteiger partial charge is 0.249 e. The summed E-state index contributed by atoms with van der Waals surface area (Å²) < 4.78 is 5.28. The summed E-state index contributed by atoms with van der Waals surface area (Å²) in [4.78, 5) is 6.60. The number of nitrogens with zero attached hydrogens (tertiary/aromatic N) is 2. The summed E-state index contributed by atoms with van der Waals surface area (Å²) in [6.07, 6.45) is 2.04. The van der Waals surface area contributed by atoms with Gasteiger partial charge in [-0.2, -0.15) is 4.98 Å². The van der Waals surface area contributed by atoms with E-state index in [9.17, 15) is 0 Å². The van der Waals surface area contributed by atoms with Crippen LogP contribution in [-0.2, 0) is 0 Å². The molecule has 1 atom stereocenters. The lowest BCUT2D eigenvalue weighted by Crippen LogP contribution is -2.10. The molecule has 6 heteroatoms. The molecule has 102 valence electrons. The molecule has 0 spiro atoms. The molecular formula is C14H13N3OS2. The van der Waals surface area contributed by atoms with Crippen LogP contribution >= 0.6 is 23.1 Å². The molecule has 0 radical (unpaired) electrons. The standard InChI is InChI=1S/C14H13N3OS2/c1-19-10-6-4-9(5-7-10)13-16-14(18-17-13)12(15)11-3-2-8-20-11/h2-8,12H,15H2,1H3. The number of aromatic nitrogens is 2. The first kappa shape index (κ1) is 13.4. The van der Waals surface area contributed by atoms with Crippen LogP contribution in [0.5, 0.6) is 0 Å². The fraction of sp³-hybridized carbons (Fsp3) is 0.143. The molecule has 2 aromatic heterocycles. The van der Waals surface area contributed by atoms with Crippen molar-refractivity contribution in [2.45, 2.75) is 10.9 Å². The lowest BCUT2D eigenvalue weighted by molar-refractivity contribution is 0.368. The fourth-order valence-corrected chi connectivity index (χ4v) is 2.94. The van der Waals surface area contributed by atoms with E-state index < -0.39 is 0 Å². The lowest BCUT2D eigenvalue weighted by atomic mass is 10.2. The number of nitrogens with two attached hydrogens (primary N) is 1. The molecule has 3 aromatic rings. The molecule has 0 saturated carbocycles. The van der Waals surface area contributed by atoms with Crippen molar-refractivity contribution in [3.8, 4) is 11.4 Å². The second kappa shape index (κ2) is 5.78. The van der Waals surface area contributed by atoms with Crippen molar-refractivity contribution >= 4 is 23.1 Å². The summed E-state index contributed by atoms with van der Waals surface area (Å²) in [6, 6.07) is 11.6. The molecule has 0 saturated heterocycles. The Labute approximate surface area is 125 Å². The molecule has 0 bridgehead atoms. The minimum Gasteiger partial charge on any atom is -0.337 e. The van der Waals surface area contributed by atoms with Crippen molar-refractivity contribution in [1.29, 1.82) is 0 Å². The van der Waals surface area contributed by atoms with Gasteiger partial charge < -0.3 is 10.3 Å². The maximum atomic E-state index is 6.11. The average Bonchev–Trinajstić information content (AvgIpc) is 3.18. The Bertz CT molecular complexity index is 677. The molecule has 1 unspecified atom stereocenters. The van der Waals surface area contributed by atoms with Crippen molar-refractivity contribution in [3.05, 3.63) is 52.5 Å². The maximum Gasteiger partial charge on any atom is 0.249 e. The number of hydrogen-bond donors (Lipinski definition) is 1. The Hall–Kier alpha value is -1.63. The predicted octanol–water partition coefficient (Wildman–Crippen LogP) is 3.57. The summed E-state index contributed by atoms with van der Waals surface area (Å²) >= 11 is 3.28. The van der Waals surface area contributed by atoms with Gasteiger partial charge in [0.1, 0.15) is 6.04 Å². The van der Waals surface area contributed by atoms with Gasteiger partial charge in [0.05, 0.1) is 0 Å². The highest BCUT2D eigenvalue weighted by molar-refractivity contribution is 7.98. The topological polar surface area (TPSA) is 64.9 Å². The molecule has 0 aliphatic rings. The van der Waals surface area contributed by atoms with Gasteiger partial charge in [-0.15, -0.1) is 23.1 Å². The number of thioether (sulfide) groups is 1. The maximum absolute atomic E-state index is 6.11. The predicted molar refractivity (Wildman–Crippen MR) is 81.9 cm³/mol. The van der Waals surface area contributed by atoms with Gasteiger partial charge in [0.25, 0.3) is 0 Å². The zero-order chi connectivity index (χ0) is 13.9. The molecule has 1 aromatic carbocycles. The highest BCUT2D eigenvalue weighted by Gasteiger charge is 2.18. The van der Waals surface area contributed by atoms with Crippen LogP contribution in [0, 0.1) is 0 Å². The molecule has 0 amide bonds. The Kier molecular flexibility index (Phi) is 3.86. The van der Waals surface area contributed by atoms with Crippen LogP contribution in [0.4, 0.5) is 0 Å². The zero-order valence-electron chi connectivity index (χ0n) is 10.8. The van der Waals surface area contributed by atoms with Crippen molar-refractivity contribution in [2.75, 3.05) is 6.26 Å². The summed E-state index contributed by atoms with van der Waals surface area (Å²) in [5.41, 5.74) is 7.04. The summed E-state index contributed by atoms with van der Waals surface area (Å²) in [5.74, 6) is 1.01. The second-order valence-corrected chi connectivity index (χ2v) is 6.04. The summed E-state index contributed by atoms with van der Waals surface area (Å²) in [7, 11) is 0. The third kappa shape index (κ3) is 2.63. The lowest BCUT2D eigenvalue weighted by Gasteiger charge is -2.01. The Morgan fingerprint density at radius 2 is 2.05 bits per heavy atom. The monoisotopic (exact) mass is 303 g/mol. The van der Waals surface area contributed by atoms with E-state index in [0.29, 0.717) is 11.7 Å². The summed E-state index contributed by atoms with van der Waals surface area (Å²) in [6.45, 7) is 0. The molecular weight excluding hydrogens is 290 g/mol. The highest BCUT2D eigenvalue weighted by atomic mass is 32.2. The van der Waals surface area contributed by atoms with E-state index in [1.54, 1.807) is 23.1 Å². The molecule has 3 rings (SSSR count). The van der Waals surface area contributed by atoms with Crippen LogP contribution in [0.1, 0.15) is 16.8 Å². The van der Waals surface area contributed by atoms with Crippen LogP contribution in [-0.4, -0.2) is 16.4 Å². The van der Waals surface area contributed by atoms with Gasteiger partial charge in [0, 0.05) is 15.3 Å². The quantitative estimate of drug-likeness (QED) is 0.746. The van der Waals surface area contributed by atoms with Gasteiger partial charge >= 0.3 is 0 Å². The Balaban J connectivity index is 1.86. The summed E-state index contributed by atoms with van der Waals surface area (Å²) in [5, 5.41) is 5.98. The first-order valence-corrected chi connectivity index (χ1v) is 8.15. The molecule has 0 fully saturated rings. The third-order valence-electron chi connectivity index (χ3n) is 2.91. The van der Waals surface area contributed by atoms with E-state index in [1.165, 1.54) is 4.90 Å². The van der Waals surface area contributed by atoms with Crippen molar-refractivity contribution in [1.82, 2.24) is 10.1 Å². The van der Waals surface area contributed by atoms with E-state index in [2.05, 4.69) is 10.1 Å². The zero-order valence-corrected chi connectivity index (χ0v) is 12.4. The van der Waals surface area contributed by atoms with Gasteiger partial charge in [-0.1, -0.05) is 11.2 Å². The van der Waals surface area contributed by atoms with E-state index in [-0.39, 0.29) is 6.04 Å². The Morgan fingerprint density at radius 3 is 2.70 bits per heavy atom. The van der Waals surface area contributed by atoms with Crippen LogP contribution in [0.2, 0.25) is 0 Å². The first-order chi connectivity index (χ1) is 9.78. The largest absolute Gasteiger partial charge is 0.337 e. The Morgan fingerprint density at radius 1 is 1.25 bits per heavy atom. The second-order valence-electron chi connectivity index (χ2n) is 4.18.